The molecule has 2 N–H and O–H groups in total. The Bertz CT molecular complexity index is 1150. The lowest BCUT2D eigenvalue weighted by molar-refractivity contribution is -0.112. The molecule has 160 valence electrons. The molecule has 0 aliphatic heterocycles. The molecule has 6 nitrogen and oxygen atoms in total. The van der Waals surface area contributed by atoms with Gasteiger partial charge in [0.1, 0.15) is 11.6 Å². The Balaban J connectivity index is 1.68. The van der Waals surface area contributed by atoms with Crippen molar-refractivity contribution in [3.05, 3.63) is 96.2 Å². The Labute approximate surface area is 190 Å². The van der Waals surface area contributed by atoms with Crippen molar-refractivity contribution in [2.75, 3.05) is 17.2 Å². The summed E-state index contributed by atoms with van der Waals surface area (Å²) in [7, 11) is 0. The van der Waals surface area contributed by atoms with Gasteiger partial charge >= 0.3 is 5.97 Å². The number of anilines is 2. The molecular weight excluding hydrogens is 422 g/mol. The highest BCUT2D eigenvalue weighted by molar-refractivity contribution is 7.99. The van der Waals surface area contributed by atoms with Crippen LogP contribution in [-0.4, -0.2) is 18.5 Å². The molecule has 3 aromatic rings. The van der Waals surface area contributed by atoms with Gasteiger partial charge in [-0.05, 0) is 55.5 Å². The molecule has 0 unspecified atom stereocenters. The van der Waals surface area contributed by atoms with Gasteiger partial charge in [-0.2, -0.15) is 5.26 Å². The zero-order valence-corrected chi connectivity index (χ0v) is 18.2. The summed E-state index contributed by atoms with van der Waals surface area (Å²) in [5.41, 5.74) is 1.54. The Kier molecular flexibility index (Phi) is 8.07. The summed E-state index contributed by atoms with van der Waals surface area (Å²) in [4.78, 5) is 26.3. The normalized spacial score (nSPS) is 10.7. The van der Waals surface area contributed by atoms with E-state index in [0.717, 1.165) is 15.5 Å². The third-order valence-corrected chi connectivity index (χ3v) is 5.33. The quantitative estimate of drug-likeness (QED) is 0.272. The first-order valence-corrected chi connectivity index (χ1v) is 10.7. The Morgan fingerprint density at radius 3 is 2.38 bits per heavy atom. The van der Waals surface area contributed by atoms with E-state index in [1.165, 1.54) is 6.20 Å². The topological polar surface area (TPSA) is 91.2 Å². The lowest BCUT2D eigenvalue weighted by Crippen LogP contribution is -2.15. The van der Waals surface area contributed by atoms with Crippen LogP contribution < -0.4 is 10.6 Å². The van der Waals surface area contributed by atoms with Gasteiger partial charge in [-0.25, -0.2) is 4.79 Å². The van der Waals surface area contributed by atoms with Crippen LogP contribution in [0.15, 0.2) is 100 Å². The van der Waals surface area contributed by atoms with E-state index in [1.807, 2.05) is 60.7 Å². The maximum Gasteiger partial charge on any atom is 0.338 e. The predicted molar refractivity (Wildman–Crippen MR) is 125 cm³/mol. The lowest BCUT2D eigenvalue weighted by atomic mass is 10.2. The summed E-state index contributed by atoms with van der Waals surface area (Å²) in [5, 5.41) is 15.2. The number of rotatable bonds is 8. The molecule has 0 fully saturated rings. The molecule has 0 saturated heterocycles. The second-order valence-corrected chi connectivity index (χ2v) is 7.59. The second-order valence-electron chi connectivity index (χ2n) is 6.48. The molecule has 0 atom stereocenters. The predicted octanol–water partition coefficient (Wildman–Crippen LogP) is 5.47. The standard InChI is InChI=1S/C25H21N3O3S/c1-2-31-25(30)18-12-14-20(15-13-18)28-24(29)19(16-26)17-27-22-10-6-7-11-23(22)32-21-8-4-3-5-9-21/h3-15,17,27H,2H2,1H3,(H,28,29)/b19-17-. The first-order valence-electron chi connectivity index (χ1n) is 9.88. The fourth-order valence-electron chi connectivity index (χ4n) is 2.69. The molecule has 32 heavy (non-hydrogen) atoms. The highest BCUT2D eigenvalue weighted by Gasteiger charge is 2.11. The van der Waals surface area contributed by atoms with Gasteiger partial charge in [0.15, 0.2) is 0 Å². The van der Waals surface area contributed by atoms with Gasteiger partial charge < -0.3 is 15.4 Å². The van der Waals surface area contributed by atoms with Gasteiger partial charge in [-0.15, -0.1) is 0 Å². The molecule has 0 heterocycles. The fraction of sp³-hybridized carbons (Fsp3) is 0.0800. The number of benzene rings is 3. The lowest BCUT2D eigenvalue weighted by Gasteiger charge is -2.10. The SMILES string of the molecule is CCOC(=O)c1ccc(NC(=O)/C(C#N)=C\Nc2ccccc2Sc2ccccc2)cc1. The molecule has 0 saturated carbocycles. The van der Waals surface area contributed by atoms with E-state index in [4.69, 9.17) is 4.74 Å². The van der Waals surface area contributed by atoms with Gasteiger partial charge in [0.2, 0.25) is 0 Å². The number of esters is 1. The number of carbonyl (C=O) groups excluding carboxylic acids is 2. The number of nitrogens with zero attached hydrogens (tertiary/aromatic N) is 1. The summed E-state index contributed by atoms with van der Waals surface area (Å²) >= 11 is 1.58. The third-order valence-electron chi connectivity index (χ3n) is 4.25. The Morgan fingerprint density at radius 2 is 1.69 bits per heavy atom. The maximum atomic E-state index is 12.5. The van der Waals surface area contributed by atoms with Crippen LogP contribution in [0.1, 0.15) is 17.3 Å². The van der Waals surface area contributed by atoms with Gasteiger partial charge in [0, 0.05) is 21.7 Å². The number of para-hydroxylation sites is 1. The first kappa shape index (κ1) is 22.7. The molecule has 0 bridgehead atoms. The van der Waals surface area contributed by atoms with Crippen LogP contribution in [-0.2, 0) is 9.53 Å². The maximum absolute atomic E-state index is 12.5. The zero-order valence-electron chi connectivity index (χ0n) is 17.4. The molecule has 0 aliphatic rings. The Morgan fingerprint density at radius 1 is 1.00 bits per heavy atom. The number of hydrogen-bond donors (Lipinski definition) is 2. The fourth-order valence-corrected chi connectivity index (χ4v) is 3.62. The van der Waals surface area contributed by atoms with Crippen LogP contribution in [0.4, 0.5) is 11.4 Å². The van der Waals surface area contributed by atoms with Crippen molar-refractivity contribution >= 4 is 35.0 Å². The van der Waals surface area contributed by atoms with Crippen molar-refractivity contribution in [2.24, 2.45) is 0 Å². The van der Waals surface area contributed by atoms with Crippen LogP contribution in [0.3, 0.4) is 0 Å². The summed E-state index contributed by atoms with van der Waals surface area (Å²) in [6, 6.07) is 25.8. The van der Waals surface area contributed by atoms with Gasteiger partial charge in [0.05, 0.1) is 17.9 Å². The smallest absolute Gasteiger partial charge is 0.338 e. The van der Waals surface area contributed by atoms with Crippen LogP contribution >= 0.6 is 11.8 Å². The largest absolute Gasteiger partial charge is 0.462 e. The molecular formula is C25H21N3O3S. The van der Waals surface area contributed by atoms with E-state index in [1.54, 1.807) is 43.0 Å². The number of carbonyl (C=O) groups is 2. The molecule has 0 aliphatic carbocycles. The van der Waals surface area contributed by atoms with Crippen molar-refractivity contribution < 1.29 is 14.3 Å². The molecule has 7 heteroatoms. The van der Waals surface area contributed by atoms with E-state index in [0.29, 0.717) is 11.3 Å². The van der Waals surface area contributed by atoms with Crippen molar-refractivity contribution in [3.8, 4) is 6.07 Å². The summed E-state index contributed by atoms with van der Waals surface area (Å²) in [6.07, 6.45) is 1.38. The first-order chi connectivity index (χ1) is 15.6. The molecule has 3 aromatic carbocycles. The van der Waals surface area contributed by atoms with Crippen LogP contribution in [0, 0.1) is 11.3 Å². The highest BCUT2D eigenvalue weighted by atomic mass is 32.2. The second kappa shape index (κ2) is 11.4. The number of ether oxygens (including phenoxy) is 1. The highest BCUT2D eigenvalue weighted by Crippen LogP contribution is 2.33. The minimum atomic E-state index is -0.558. The van der Waals surface area contributed by atoms with Gasteiger partial charge in [-0.1, -0.05) is 42.1 Å². The van der Waals surface area contributed by atoms with Crippen molar-refractivity contribution in [2.45, 2.75) is 16.7 Å². The van der Waals surface area contributed by atoms with Gasteiger partial charge in [-0.3, -0.25) is 4.79 Å². The summed E-state index contributed by atoms with van der Waals surface area (Å²) < 4.78 is 4.94. The van der Waals surface area contributed by atoms with E-state index in [9.17, 15) is 14.9 Å². The number of hydrogen-bond acceptors (Lipinski definition) is 6. The minimum Gasteiger partial charge on any atom is -0.462 e. The number of amides is 1. The molecule has 1 amide bonds. The average molecular weight is 444 g/mol. The van der Waals surface area contributed by atoms with E-state index >= 15 is 0 Å². The molecule has 0 aromatic heterocycles. The van der Waals surface area contributed by atoms with Crippen LogP contribution in [0.2, 0.25) is 0 Å². The van der Waals surface area contributed by atoms with Crippen molar-refractivity contribution in [3.63, 3.8) is 0 Å². The van der Waals surface area contributed by atoms with E-state index < -0.39 is 11.9 Å². The molecule has 3 rings (SSSR count). The monoisotopic (exact) mass is 443 g/mol. The van der Waals surface area contributed by atoms with Crippen molar-refractivity contribution in [1.29, 1.82) is 5.26 Å². The molecule has 0 spiro atoms. The molecule has 0 radical (unpaired) electrons. The van der Waals surface area contributed by atoms with Crippen LogP contribution in [0.25, 0.3) is 0 Å². The Hall–Kier alpha value is -4.02. The minimum absolute atomic E-state index is 0.0843. The number of nitriles is 1. The summed E-state index contributed by atoms with van der Waals surface area (Å²) in [6.45, 7) is 2.02. The number of nitrogens with one attached hydrogen (secondary N) is 2. The van der Waals surface area contributed by atoms with Crippen molar-refractivity contribution in [1.82, 2.24) is 0 Å². The summed E-state index contributed by atoms with van der Waals surface area (Å²) in [5.74, 6) is -0.990. The average Bonchev–Trinajstić information content (AvgIpc) is 2.82. The zero-order chi connectivity index (χ0) is 22.8. The van der Waals surface area contributed by atoms with Gasteiger partial charge in [0.25, 0.3) is 5.91 Å². The van der Waals surface area contributed by atoms with Crippen LogP contribution in [0.5, 0.6) is 0 Å². The third kappa shape index (κ3) is 6.24. The van der Waals surface area contributed by atoms with E-state index in [-0.39, 0.29) is 12.2 Å². The van der Waals surface area contributed by atoms with E-state index in [2.05, 4.69) is 10.6 Å².